The van der Waals surface area contributed by atoms with Gasteiger partial charge in [-0.25, -0.2) is 18.1 Å². The normalized spacial score (nSPS) is 17.5. The summed E-state index contributed by atoms with van der Waals surface area (Å²) in [6.45, 7) is 7.24. The van der Waals surface area contributed by atoms with E-state index in [4.69, 9.17) is 0 Å². The minimum absolute atomic E-state index is 0.0969. The van der Waals surface area contributed by atoms with Crippen LogP contribution < -0.4 is 10.0 Å². The quantitative estimate of drug-likeness (QED) is 0.680. The van der Waals surface area contributed by atoms with E-state index in [9.17, 15) is 8.42 Å². The van der Waals surface area contributed by atoms with E-state index < -0.39 is 10.0 Å². The van der Waals surface area contributed by atoms with Crippen LogP contribution in [-0.2, 0) is 17.1 Å². The molecule has 8 heteroatoms. The molecule has 0 spiro atoms. The maximum Gasteiger partial charge on any atom is 0.259 e. The molecule has 1 saturated heterocycles. The summed E-state index contributed by atoms with van der Waals surface area (Å²) in [7, 11) is -1.69. The Hall–Kier alpha value is -0.960. The molecule has 1 aliphatic heterocycles. The average Bonchev–Trinajstić information content (AvgIpc) is 2.77. The number of rotatable bonds is 6. The van der Waals surface area contributed by atoms with Crippen LogP contribution in [-0.4, -0.2) is 62.1 Å². The Morgan fingerprint density at radius 3 is 2.70 bits per heavy atom. The largest absolute Gasteiger partial charge is 0.337 e. The third-order valence-electron chi connectivity index (χ3n) is 3.51. The second-order valence-corrected chi connectivity index (χ2v) is 6.79. The lowest BCUT2D eigenvalue weighted by Crippen LogP contribution is -2.44. The van der Waals surface area contributed by atoms with Crippen molar-refractivity contribution in [3.05, 3.63) is 12.0 Å². The Morgan fingerprint density at radius 2 is 2.10 bits per heavy atom. The zero-order valence-corrected chi connectivity index (χ0v) is 12.9. The predicted octanol–water partition coefficient (Wildman–Crippen LogP) is -0.698. The predicted molar refractivity (Wildman–Crippen MR) is 77.1 cm³/mol. The van der Waals surface area contributed by atoms with Gasteiger partial charge < -0.3 is 14.8 Å². The van der Waals surface area contributed by atoms with E-state index in [1.54, 1.807) is 18.5 Å². The summed E-state index contributed by atoms with van der Waals surface area (Å²) in [4.78, 5) is 6.39. The maximum absolute atomic E-state index is 12.0. The van der Waals surface area contributed by atoms with Gasteiger partial charge in [0.15, 0.2) is 5.03 Å². The highest BCUT2D eigenvalue weighted by atomic mass is 32.2. The molecule has 0 amide bonds. The Bertz CT molecular complexity index is 515. The summed E-state index contributed by atoms with van der Waals surface area (Å²) >= 11 is 0. The molecule has 1 aromatic heterocycles. The van der Waals surface area contributed by atoms with Crippen molar-refractivity contribution in [1.29, 1.82) is 0 Å². The van der Waals surface area contributed by atoms with Crippen molar-refractivity contribution in [1.82, 2.24) is 24.5 Å². The van der Waals surface area contributed by atoms with Crippen molar-refractivity contribution in [3.8, 4) is 0 Å². The third kappa shape index (κ3) is 4.02. The molecule has 0 aromatic carbocycles. The van der Waals surface area contributed by atoms with Gasteiger partial charge in [-0.3, -0.25) is 0 Å². The summed E-state index contributed by atoms with van der Waals surface area (Å²) in [6.07, 6.45) is 2.35. The van der Waals surface area contributed by atoms with Crippen LogP contribution in [0.15, 0.2) is 11.2 Å². The number of piperazine rings is 1. The van der Waals surface area contributed by atoms with E-state index in [2.05, 4.69) is 19.9 Å². The van der Waals surface area contributed by atoms with Gasteiger partial charge in [-0.1, -0.05) is 0 Å². The molecular weight excluding hydrogens is 278 g/mol. The highest BCUT2D eigenvalue weighted by molar-refractivity contribution is 7.89. The average molecular weight is 301 g/mol. The van der Waals surface area contributed by atoms with Crippen LogP contribution in [0.25, 0.3) is 0 Å². The molecule has 0 bridgehead atoms. The van der Waals surface area contributed by atoms with Crippen LogP contribution in [0.4, 0.5) is 0 Å². The van der Waals surface area contributed by atoms with Crippen molar-refractivity contribution >= 4 is 10.0 Å². The molecule has 0 saturated carbocycles. The van der Waals surface area contributed by atoms with Gasteiger partial charge in [-0.2, -0.15) is 0 Å². The summed E-state index contributed by atoms with van der Waals surface area (Å²) in [5, 5.41) is 3.39. The molecule has 2 N–H and O–H groups in total. The van der Waals surface area contributed by atoms with Gasteiger partial charge in [-0.15, -0.1) is 0 Å². The van der Waals surface area contributed by atoms with Gasteiger partial charge in [0.2, 0.25) is 0 Å². The standard InChI is InChI=1S/C12H23N5O2S/c1-11-15-12(10-16(11)2)20(18,19)14-4-3-7-17-8-5-13-6-9-17/h10,13-14H,3-9H2,1-2H3. The van der Waals surface area contributed by atoms with E-state index >= 15 is 0 Å². The lowest BCUT2D eigenvalue weighted by molar-refractivity contribution is 0.239. The number of aryl methyl sites for hydroxylation is 2. The van der Waals surface area contributed by atoms with Crippen LogP contribution in [0.5, 0.6) is 0 Å². The first-order chi connectivity index (χ1) is 9.49. The van der Waals surface area contributed by atoms with Crippen molar-refractivity contribution < 1.29 is 8.42 Å². The molecule has 0 aliphatic carbocycles. The van der Waals surface area contributed by atoms with Crippen LogP contribution in [0, 0.1) is 6.92 Å². The zero-order valence-electron chi connectivity index (χ0n) is 12.1. The SMILES string of the molecule is Cc1nc(S(=O)(=O)NCCCN2CCNCC2)cn1C. The highest BCUT2D eigenvalue weighted by Gasteiger charge is 2.18. The van der Waals surface area contributed by atoms with Gasteiger partial charge in [-0.05, 0) is 19.9 Å². The van der Waals surface area contributed by atoms with E-state index in [1.165, 1.54) is 6.20 Å². The molecule has 114 valence electrons. The molecule has 1 fully saturated rings. The van der Waals surface area contributed by atoms with Gasteiger partial charge in [0, 0.05) is 46.0 Å². The number of nitrogens with zero attached hydrogens (tertiary/aromatic N) is 3. The Labute approximate surface area is 120 Å². The molecular formula is C12H23N5O2S. The first-order valence-corrected chi connectivity index (χ1v) is 8.40. The van der Waals surface area contributed by atoms with Gasteiger partial charge >= 0.3 is 0 Å². The monoisotopic (exact) mass is 301 g/mol. The number of nitrogens with one attached hydrogen (secondary N) is 2. The maximum atomic E-state index is 12.0. The van der Waals surface area contributed by atoms with Crippen LogP contribution in [0.1, 0.15) is 12.2 Å². The van der Waals surface area contributed by atoms with Crippen LogP contribution in [0.3, 0.4) is 0 Å². The summed E-state index contributed by atoms with van der Waals surface area (Å²) in [5.41, 5.74) is 0. The Balaban J connectivity index is 1.77. The summed E-state index contributed by atoms with van der Waals surface area (Å²) in [5.74, 6) is 0.686. The summed E-state index contributed by atoms with van der Waals surface area (Å²) < 4.78 is 28.4. The molecule has 1 aromatic rings. The van der Waals surface area contributed by atoms with Crippen molar-refractivity contribution in [3.63, 3.8) is 0 Å². The molecule has 0 radical (unpaired) electrons. The fourth-order valence-electron chi connectivity index (χ4n) is 2.17. The topological polar surface area (TPSA) is 79.3 Å². The molecule has 20 heavy (non-hydrogen) atoms. The number of hydrogen-bond donors (Lipinski definition) is 2. The van der Waals surface area contributed by atoms with Gasteiger partial charge in [0.1, 0.15) is 5.82 Å². The van der Waals surface area contributed by atoms with Gasteiger partial charge in [0.05, 0.1) is 0 Å². The lowest BCUT2D eigenvalue weighted by Gasteiger charge is -2.26. The first kappa shape index (κ1) is 15.4. The zero-order chi connectivity index (χ0) is 14.6. The first-order valence-electron chi connectivity index (χ1n) is 6.92. The van der Waals surface area contributed by atoms with Crippen LogP contribution >= 0.6 is 0 Å². The van der Waals surface area contributed by atoms with Crippen LogP contribution in [0.2, 0.25) is 0 Å². The minimum atomic E-state index is -3.48. The van der Waals surface area contributed by atoms with Crippen molar-refractivity contribution in [2.75, 3.05) is 39.3 Å². The van der Waals surface area contributed by atoms with E-state index in [0.717, 1.165) is 39.1 Å². The molecule has 0 unspecified atom stereocenters. The van der Waals surface area contributed by atoms with Crippen molar-refractivity contribution in [2.45, 2.75) is 18.4 Å². The third-order valence-corrected chi connectivity index (χ3v) is 4.85. The lowest BCUT2D eigenvalue weighted by atomic mass is 10.3. The number of imidazole rings is 1. The van der Waals surface area contributed by atoms with E-state index in [-0.39, 0.29) is 5.03 Å². The molecule has 7 nitrogen and oxygen atoms in total. The molecule has 2 heterocycles. The number of sulfonamides is 1. The number of aromatic nitrogens is 2. The van der Waals surface area contributed by atoms with E-state index in [0.29, 0.717) is 12.4 Å². The second kappa shape index (κ2) is 6.66. The smallest absolute Gasteiger partial charge is 0.259 e. The van der Waals surface area contributed by atoms with Crippen molar-refractivity contribution in [2.24, 2.45) is 7.05 Å². The molecule has 2 rings (SSSR count). The minimum Gasteiger partial charge on any atom is -0.337 e. The fraction of sp³-hybridized carbons (Fsp3) is 0.750. The highest BCUT2D eigenvalue weighted by Crippen LogP contribution is 2.07. The molecule has 1 aliphatic rings. The Kier molecular flexibility index (Phi) is 5.14. The molecule has 0 atom stereocenters. The fourth-order valence-corrected chi connectivity index (χ4v) is 3.28. The summed E-state index contributed by atoms with van der Waals surface area (Å²) in [6, 6.07) is 0. The van der Waals surface area contributed by atoms with Gasteiger partial charge in [0.25, 0.3) is 10.0 Å². The second-order valence-electron chi connectivity index (χ2n) is 5.08. The number of hydrogen-bond acceptors (Lipinski definition) is 5. The van der Waals surface area contributed by atoms with E-state index in [1.807, 2.05) is 0 Å². The Morgan fingerprint density at radius 1 is 1.40 bits per heavy atom.